The molecule has 174 valence electrons. The lowest BCUT2D eigenvalue weighted by molar-refractivity contribution is 0.0910. The summed E-state index contributed by atoms with van der Waals surface area (Å²) in [4.78, 5) is 22.7. The third kappa shape index (κ3) is 4.31. The zero-order chi connectivity index (χ0) is 23.5. The van der Waals surface area contributed by atoms with Crippen molar-refractivity contribution in [2.45, 2.75) is 19.3 Å². The van der Waals surface area contributed by atoms with E-state index in [1.807, 2.05) is 17.5 Å². The number of nitrogens with zero attached hydrogens (tertiary/aromatic N) is 5. The van der Waals surface area contributed by atoms with Gasteiger partial charge >= 0.3 is 0 Å². The van der Waals surface area contributed by atoms with Crippen molar-refractivity contribution in [3.05, 3.63) is 53.0 Å². The minimum Gasteiger partial charge on any atom is -0.414 e. The van der Waals surface area contributed by atoms with Crippen LogP contribution in [-0.4, -0.2) is 39.0 Å². The predicted octanol–water partition coefficient (Wildman–Crippen LogP) is 4.44. The van der Waals surface area contributed by atoms with Crippen LogP contribution >= 0.6 is 11.3 Å². The number of hydrogen-bond acceptors (Lipinski definition) is 10. The number of hydrogen-bond donors (Lipinski definition) is 2. The second-order valence-electron chi connectivity index (χ2n) is 7.99. The van der Waals surface area contributed by atoms with Gasteiger partial charge in [0, 0.05) is 19.9 Å². The zero-order valence-corrected chi connectivity index (χ0v) is 19.0. The summed E-state index contributed by atoms with van der Waals surface area (Å²) >= 11 is 1.48. The third-order valence-electron chi connectivity index (χ3n) is 5.81. The molecule has 34 heavy (non-hydrogen) atoms. The van der Waals surface area contributed by atoms with Crippen LogP contribution in [0.1, 0.15) is 38.0 Å². The fraction of sp³-hybridized carbons (Fsp3) is 0.250. The lowest BCUT2D eigenvalue weighted by Gasteiger charge is -2.13. The Balaban J connectivity index is 0.00000180. The van der Waals surface area contributed by atoms with Crippen LogP contribution in [0.15, 0.2) is 46.3 Å². The number of thiophene rings is 1. The molecule has 1 fully saturated rings. The van der Waals surface area contributed by atoms with Crippen LogP contribution in [0.5, 0.6) is 0 Å². The number of Topliss-reactive ketones (excluding diaryl/α,β-unsaturated/α-hetero) is 1. The summed E-state index contributed by atoms with van der Waals surface area (Å²) in [6, 6.07) is 11.1. The first-order valence-corrected chi connectivity index (χ1v) is 11.8. The number of nitrogens with two attached hydrogens (primary N) is 1. The monoisotopic (exact) mass is 475 g/mol. The second-order valence-corrected chi connectivity index (χ2v) is 8.94. The summed E-state index contributed by atoms with van der Waals surface area (Å²) < 4.78 is 5.76. The Morgan fingerprint density at radius 1 is 1.24 bits per heavy atom. The van der Waals surface area contributed by atoms with Crippen molar-refractivity contribution in [1.29, 1.82) is 5.26 Å². The molecule has 0 aliphatic carbocycles. The number of ketones is 1. The maximum absolute atomic E-state index is 13.0. The number of anilines is 1. The number of nitrogen functional groups attached to an aromatic ring is 1. The average Bonchev–Trinajstić information content (AvgIpc) is 3.50. The molecule has 5 rings (SSSR count). The van der Waals surface area contributed by atoms with Crippen LogP contribution < -0.4 is 11.1 Å². The number of benzene rings is 1. The summed E-state index contributed by atoms with van der Waals surface area (Å²) in [5.41, 5.74) is 8.13. The molecule has 0 radical (unpaired) electrons. The molecule has 3 N–H and O–H groups in total. The molecule has 4 heterocycles. The summed E-state index contributed by atoms with van der Waals surface area (Å²) in [5.74, 6) is 0.680. The van der Waals surface area contributed by atoms with E-state index in [1.165, 1.54) is 17.5 Å². The molecule has 1 aliphatic rings. The van der Waals surface area contributed by atoms with E-state index in [-0.39, 0.29) is 32.0 Å². The lowest BCUT2D eigenvalue weighted by Crippen LogP contribution is -2.18. The van der Waals surface area contributed by atoms with Gasteiger partial charge in [-0.1, -0.05) is 18.2 Å². The summed E-state index contributed by atoms with van der Waals surface area (Å²) in [6.45, 7) is 1.76. The highest BCUT2D eigenvalue weighted by Crippen LogP contribution is 2.31. The number of carbonyl (C=O) groups excluding carboxylic acids is 1. The SMILES string of the molecule is N#Cc1cc(C(=O)C2CCCNCC2)ccc1-c1cnc(N)c(-c2nnc(-c3cccs3)o2)n1.[HH].[HH]. The number of nitrogens with one attached hydrogen (secondary N) is 1. The first-order valence-electron chi connectivity index (χ1n) is 10.9. The van der Waals surface area contributed by atoms with Gasteiger partial charge in [0.25, 0.3) is 11.8 Å². The Labute approximate surface area is 202 Å². The Hall–Kier alpha value is -3.94. The smallest absolute Gasteiger partial charge is 0.270 e. The van der Waals surface area contributed by atoms with Crippen molar-refractivity contribution in [2.24, 2.45) is 5.92 Å². The summed E-state index contributed by atoms with van der Waals surface area (Å²) in [6.07, 6.45) is 4.10. The minimum absolute atomic E-state index is 0. The highest BCUT2D eigenvalue weighted by atomic mass is 32.1. The van der Waals surface area contributed by atoms with Crippen molar-refractivity contribution in [2.75, 3.05) is 18.8 Å². The maximum atomic E-state index is 13.0. The van der Waals surface area contributed by atoms with E-state index in [0.717, 1.165) is 37.2 Å². The Morgan fingerprint density at radius 2 is 2.12 bits per heavy atom. The average molecular weight is 476 g/mol. The summed E-state index contributed by atoms with van der Waals surface area (Å²) in [5, 5.41) is 23.2. The first kappa shape index (κ1) is 21.9. The van der Waals surface area contributed by atoms with Gasteiger partial charge < -0.3 is 15.5 Å². The van der Waals surface area contributed by atoms with E-state index in [0.29, 0.717) is 28.3 Å². The Kier molecular flexibility index (Phi) is 6.12. The van der Waals surface area contributed by atoms with E-state index >= 15 is 0 Å². The van der Waals surface area contributed by atoms with Crippen molar-refractivity contribution in [3.8, 4) is 39.7 Å². The number of carbonyl (C=O) groups is 1. The molecule has 3 aromatic heterocycles. The molecule has 0 bridgehead atoms. The molecule has 1 aliphatic heterocycles. The number of nitriles is 1. The van der Waals surface area contributed by atoms with Crippen LogP contribution in [0.2, 0.25) is 0 Å². The first-order chi connectivity index (χ1) is 16.6. The standard InChI is InChI=1S/C24H21N7O2S.2H2/c25-12-16-11-15(21(32)14-3-1-8-27-9-7-14)5-6-17(16)18-13-28-22(26)20(29-18)24-31-30-23(33-24)19-4-2-10-34-19;;/h2,4-6,10-11,13-14,27H,1,3,7-9H2,(H2,26,28);2*1H. The fourth-order valence-corrected chi connectivity index (χ4v) is 4.68. The van der Waals surface area contributed by atoms with Crippen molar-refractivity contribution >= 4 is 22.9 Å². The van der Waals surface area contributed by atoms with Gasteiger partial charge in [-0.2, -0.15) is 5.26 Å². The van der Waals surface area contributed by atoms with Gasteiger partial charge in [0.1, 0.15) is 0 Å². The molecule has 10 heteroatoms. The highest BCUT2D eigenvalue weighted by Gasteiger charge is 2.23. The van der Waals surface area contributed by atoms with Crippen LogP contribution in [0.3, 0.4) is 0 Å². The molecular weight excluding hydrogens is 450 g/mol. The van der Waals surface area contributed by atoms with Gasteiger partial charge in [0.2, 0.25) is 0 Å². The van der Waals surface area contributed by atoms with Crippen LogP contribution in [-0.2, 0) is 0 Å². The van der Waals surface area contributed by atoms with Crippen molar-refractivity contribution < 1.29 is 12.1 Å². The Morgan fingerprint density at radius 3 is 2.94 bits per heavy atom. The molecule has 0 spiro atoms. The normalized spacial score (nSPS) is 16.0. The quantitative estimate of drug-likeness (QED) is 0.400. The maximum Gasteiger partial charge on any atom is 0.270 e. The van der Waals surface area contributed by atoms with Gasteiger partial charge in [-0.25, -0.2) is 9.97 Å². The molecule has 4 aromatic rings. The number of aromatic nitrogens is 4. The van der Waals surface area contributed by atoms with E-state index in [2.05, 4.69) is 31.6 Å². The van der Waals surface area contributed by atoms with E-state index in [1.54, 1.807) is 18.2 Å². The van der Waals surface area contributed by atoms with Crippen molar-refractivity contribution in [1.82, 2.24) is 25.5 Å². The zero-order valence-electron chi connectivity index (χ0n) is 18.2. The summed E-state index contributed by atoms with van der Waals surface area (Å²) in [7, 11) is 0. The Bertz CT molecular complexity index is 1380. The molecule has 1 aromatic carbocycles. The van der Waals surface area contributed by atoms with Crippen LogP contribution in [0.4, 0.5) is 5.82 Å². The molecular formula is C24H25N7O2S. The molecule has 0 saturated carbocycles. The van der Waals surface area contributed by atoms with E-state index in [9.17, 15) is 10.1 Å². The van der Waals surface area contributed by atoms with Crippen molar-refractivity contribution in [3.63, 3.8) is 0 Å². The van der Waals surface area contributed by atoms with Gasteiger partial charge in [-0.3, -0.25) is 4.79 Å². The van der Waals surface area contributed by atoms with Crippen LogP contribution in [0, 0.1) is 17.2 Å². The van der Waals surface area contributed by atoms with Gasteiger partial charge in [0.05, 0.1) is 28.4 Å². The van der Waals surface area contributed by atoms with Gasteiger partial charge in [-0.15, -0.1) is 21.5 Å². The lowest BCUT2D eigenvalue weighted by atomic mass is 9.89. The third-order valence-corrected chi connectivity index (χ3v) is 6.67. The van der Waals surface area contributed by atoms with E-state index < -0.39 is 0 Å². The molecule has 1 saturated heterocycles. The minimum atomic E-state index is -0.0367. The second kappa shape index (κ2) is 9.51. The van der Waals surface area contributed by atoms with E-state index in [4.69, 9.17) is 10.2 Å². The largest absolute Gasteiger partial charge is 0.414 e. The van der Waals surface area contributed by atoms with Gasteiger partial charge in [-0.05, 0) is 49.9 Å². The molecule has 0 amide bonds. The van der Waals surface area contributed by atoms with Crippen LogP contribution in [0.25, 0.3) is 33.6 Å². The topological polar surface area (TPSA) is 144 Å². The molecule has 1 atom stereocenters. The number of rotatable bonds is 5. The van der Waals surface area contributed by atoms with Gasteiger partial charge in [0.15, 0.2) is 17.3 Å². The molecule has 9 nitrogen and oxygen atoms in total. The predicted molar refractivity (Wildman–Crippen MR) is 132 cm³/mol. The highest BCUT2D eigenvalue weighted by molar-refractivity contribution is 7.13. The molecule has 1 unspecified atom stereocenters. The fourth-order valence-electron chi connectivity index (χ4n) is 4.03.